The van der Waals surface area contributed by atoms with Crippen molar-refractivity contribution in [2.24, 2.45) is 0 Å². The first-order chi connectivity index (χ1) is 13.6. The zero-order chi connectivity index (χ0) is 19.3. The topological polar surface area (TPSA) is 71.9 Å². The van der Waals surface area contributed by atoms with Gasteiger partial charge in [-0.2, -0.15) is 0 Å². The number of ether oxygens (including phenoxy) is 2. The van der Waals surface area contributed by atoms with E-state index in [4.69, 9.17) is 9.47 Å². The quantitative estimate of drug-likeness (QED) is 0.813. The number of amides is 1. The number of aliphatic hydroxyl groups excluding tert-OH is 1. The smallest absolute Gasteiger partial charge is 0.255 e. The van der Waals surface area contributed by atoms with Gasteiger partial charge in [-0.05, 0) is 30.2 Å². The molecule has 6 heteroatoms. The Labute approximate surface area is 163 Å². The van der Waals surface area contributed by atoms with Crippen molar-refractivity contribution in [2.75, 3.05) is 13.7 Å². The van der Waals surface area contributed by atoms with Crippen molar-refractivity contribution in [3.8, 4) is 11.5 Å². The second-order valence-electron chi connectivity index (χ2n) is 7.66. The summed E-state index contributed by atoms with van der Waals surface area (Å²) in [5.41, 5.74) is 2.41. The first kappa shape index (κ1) is 17.3. The largest absolute Gasteiger partial charge is 0.493 e. The maximum absolute atomic E-state index is 13.1. The molecular weight excluding hydrogens is 356 g/mol. The van der Waals surface area contributed by atoms with Gasteiger partial charge in [0.15, 0.2) is 11.5 Å². The maximum atomic E-state index is 13.1. The first-order valence-electron chi connectivity index (χ1n) is 9.56. The van der Waals surface area contributed by atoms with Crippen molar-refractivity contribution in [1.82, 2.24) is 9.88 Å². The summed E-state index contributed by atoms with van der Waals surface area (Å²) < 4.78 is 11.8. The van der Waals surface area contributed by atoms with Crippen molar-refractivity contribution < 1.29 is 19.4 Å². The summed E-state index contributed by atoms with van der Waals surface area (Å²) in [4.78, 5) is 19.0. The van der Waals surface area contributed by atoms with Gasteiger partial charge in [-0.15, -0.1) is 0 Å². The number of rotatable bonds is 2. The van der Waals surface area contributed by atoms with E-state index in [2.05, 4.69) is 11.1 Å². The molecule has 1 N–H and O–H groups in total. The minimum absolute atomic E-state index is 0.0219. The molecule has 2 aliphatic heterocycles. The van der Waals surface area contributed by atoms with E-state index in [0.717, 1.165) is 23.3 Å². The fraction of sp³-hybridized carbons (Fsp3) is 0.364. The Hall–Kier alpha value is -2.86. The lowest BCUT2D eigenvalue weighted by atomic mass is 9.69. The Balaban J connectivity index is 1.60. The Morgan fingerprint density at radius 2 is 2.29 bits per heavy atom. The van der Waals surface area contributed by atoms with Crippen molar-refractivity contribution in [3.05, 3.63) is 65.5 Å². The minimum Gasteiger partial charge on any atom is -0.493 e. The highest BCUT2D eigenvalue weighted by Gasteiger charge is 2.53. The summed E-state index contributed by atoms with van der Waals surface area (Å²) in [5, 5.41) is 10.1. The Morgan fingerprint density at radius 1 is 1.39 bits per heavy atom. The molecule has 1 aromatic carbocycles. The van der Waals surface area contributed by atoms with Crippen LogP contribution in [-0.4, -0.2) is 46.8 Å². The molecule has 3 aliphatic rings. The van der Waals surface area contributed by atoms with Crippen LogP contribution in [-0.2, 0) is 12.0 Å². The minimum atomic E-state index is -0.518. The number of pyridine rings is 1. The monoisotopic (exact) mass is 378 g/mol. The molecule has 28 heavy (non-hydrogen) atoms. The molecule has 0 bridgehead atoms. The van der Waals surface area contributed by atoms with Gasteiger partial charge in [-0.3, -0.25) is 9.78 Å². The lowest BCUT2D eigenvalue weighted by molar-refractivity contribution is 0.0671. The molecule has 1 aliphatic carbocycles. The van der Waals surface area contributed by atoms with Gasteiger partial charge in [0.2, 0.25) is 0 Å². The molecule has 1 spiro atoms. The highest BCUT2D eigenvalue weighted by atomic mass is 16.5. The second-order valence-corrected chi connectivity index (χ2v) is 7.66. The molecule has 1 amide bonds. The summed E-state index contributed by atoms with van der Waals surface area (Å²) in [6.45, 7) is 1.11. The van der Waals surface area contributed by atoms with Crippen molar-refractivity contribution in [2.45, 2.75) is 37.0 Å². The molecule has 1 unspecified atom stereocenters. The standard InChI is InChI=1S/C22H22N2O4/c1-27-17-5-4-15-13-24(21(26)14-3-2-9-23-12-14)10-8-22-7-6-16(25)11-18(22)28-20(17)19(15)22/h2-7,9,12,16,18,25H,8,10-11,13H2,1H3/t16-,18-,22?/m0/s1. The number of aromatic nitrogens is 1. The molecule has 5 rings (SSSR count). The van der Waals surface area contributed by atoms with Gasteiger partial charge >= 0.3 is 0 Å². The van der Waals surface area contributed by atoms with E-state index in [-0.39, 0.29) is 17.4 Å². The molecular formula is C22H22N2O4. The number of carbonyl (C=O) groups is 1. The van der Waals surface area contributed by atoms with E-state index in [0.29, 0.717) is 30.8 Å². The third kappa shape index (κ3) is 2.44. The van der Waals surface area contributed by atoms with Gasteiger partial charge in [-0.25, -0.2) is 0 Å². The Bertz CT molecular complexity index is 959. The van der Waals surface area contributed by atoms with Crippen LogP contribution in [0.1, 0.15) is 34.3 Å². The highest BCUT2D eigenvalue weighted by molar-refractivity contribution is 5.94. The van der Waals surface area contributed by atoms with Crippen LogP contribution in [0.3, 0.4) is 0 Å². The van der Waals surface area contributed by atoms with Crippen LogP contribution in [0.5, 0.6) is 11.5 Å². The molecule has 144 valence electrons. The lowest BCUT2D eigenvalue weighted by Crippen LogP contribution is -2.43. The van der Waals surface area contributed by atoms with E-state index < -0.39 is 6.10 Å². The fourth-order valence-electron chi connectivity index (χ4n) is 4.78. The average Bonchev–Trinajstić information content (AvgIpc) is 2.96. The van der Waals surface area contributed by atoms with E-state index in [9.17, 15) is 9.90 Å². The summed E-state index contributed by atoms with van der Waals surface area (Å²) in [6, 6.07) is 7.50. The van der Waals surface area contributed by atoms with Gasteiger partial charge in [-0.1, -0.05) is 18.2 Å². The van der Waals surface area contributed by atoms with E-state index in [1.54, 1.807) is 31.6 Å². The molecule has 2 aromatic rings. The third-order valence-electron chi connectivity index (χ3n) is 6.15. The molecule has 3 heterocycles. The van der Waals surface area contributed by atoms with Crippen LogP contribution >= 0.6 is 0 Å². The van der Waals surface area contributed by atoms with E-state index in [1.165, 1.54) is 0 Å². The molecule has 0 radical (unpaired) electrons. The molecule has 3 atom stereocenters. The van der Waals surface area contributed by atoms with Crippen LogP contribution in [0.2, 0.25) is 0 Å². The van der Waals surface area contributed by atoms with Crippen LogP contribution in [0, 0.1) is 0 Å². The van der Waals surface area contributed by atoms with Crippen molar-refractivity contribution in [1.29, 1.82) is 0 Å². The number of nitrogens with zero attached hydrogens (tertiary/aromatic N) is 2. The highest BCUT2D eigenvalue weighted by Crippen LogP contribution is 2.55. The number of hydrogen-bond donors (Lipinski definition) is 1. The third-order valence-corrected chi connectivity index (χ3v) is 6.15. The van der Waals surface area contributed by atoms with Crippen LogP contribution in [0.4, 0.5) is 0 Å². The van der Waals surface area contributed by atoms with Crippen molar-refractivity contribution >= 4 is 5.91 Å². The maximum Gasteiger partial charge on any atom is 0.255 e. The Morgan fingerprint density at radius 3 is 3.07 bits per heavy atom. The lowest BCUT2D eigenvalue weighted by Gasteiger charge is -2.35. The number of benzene rings is 1. The molecule has 0 saturated carbocycles. The molecule has 1 aromatic heterocycles. The van der Waals surface area contributed by atoms with Gasteiger partial charge in [0, 0.05) is 37.5 Å². The van der Waals surface area contributed by atoms with Crippen LogP contribution < -0.4 is 9.47 Å². The van der Waals surface area contributed by atoms with Gasteiger partial charge in [0.25, 0.3) is 5.91 Å². The fourth-order valence-corrected chi connectivity index (χ4v) is 4.78. The zero-order valence-corrected chi connectivity index (χ0v) is 15.7. The number of hydrogen-bond acceptors (Lipinski definition) is 5. The van der Waals surface area contributed by atoms with Gasteiger partial charge < -0.3 is 19.5 Å². The number of aliphatic hydroxyl groups is 1. The summed E-state index contributed by atoms with van der Waals surface area (Å²) in [6.07, 6.45) is 7.81. The van der Waals surface area contributed by atoms with E-state index >= 15 is 0 Å². The average molecular weight is 378 g/mol. The van der Waals surface area contributed by atoms with Crippen LogP contribution in [0.15, 0.2) is 48.8 Å². The summed E-state index contributed by atoms with van der Waals surface area (Å²) in [7, 11) is 1.63. The predicted molar refractivity (Wildman–Crippen MR) is 102 cm³/mol. The SMILES string of the molecule is COc1ccc2c3c1O[C@H]1C[C@@H](O)C=CC31CCN(C(=O)c1cccnc1)C2. The van der Waals surface area contributed by atoms with Gasteiger partial charge in [0.05, 0.1) is 24.2 Å². The van der Waals surface area contributed by atoms with Crippen molar-refractivity contribution in [3.63, 3.8) is 0 Å². The predicted octanol–water partition coefficient (Wildman–Crippen LogP) is 2.46. The van der Waals surface area contributed by atoms with E-state index in [1.807, 2.05) is 23.1 Å². The first-order valence-corrected chi connectivity index (χ1v) is 9.56. The summed E-state index contributed by atoms with van der Waals surface area (Å²) in [5.74, 6) is 1.42. The number of methoxy groups -OCH3 is 1. The second kappa shape index (κ2) is 6.34. The normalized spacial score (nSPS) is 27.4. The molecule has 0 saturated heterocycles. The molecule has 6 nitrogen and oxygen atoms in total. The number of carbonyl (C=O) groups excluding carboxylic acids is 1. The van der Waals surface area contributed by atoms with Crippen LogP contribution in [0.25, 0.3) is 0 Å². The van der Waals surface area contributed by atoms with Gasteiger partial charge in [0.1, 0.15) is 6.10 Å². The zero-order valence-electron chi connectivity index (χ0n) is 15.7. The molecule has 0 fully saturated rings. The summed E-state index contributed by atoms with van der Waals surface area (Å²) >= 11 is 0. The Kier molecular flexibility index (Phi) is 3.91.